The molecule has 0 saturated heterocycles. The summed E-state index contributed by atoms with van der Waals surface area (Å²) in [6, 6.07) is 31.5. The Kier molecular flexibility index (Phi) is 3.39. The van der Waals surface area contributed by atoms with E-state index in [2.05, 4.69) is 115 Å². The predicted octanol–water partition coefficient (Wildman–Crippen LogP) is 6.53. The zero-order valence-electron chi connectivity index (χ0n) is 21.1. The first-order valence-corrected chi connectivity index (χ1v) is 13.1. The first-order valence-electron chi connectivity index (χ1n) is 13.1. The molecule has 3 aromatic heterocycles. The van der Waals surface area contributed by atoms with Crippen LogP contribution in [0.25, 0.3) is 60.6 Å². The van der Waals surface area contributed by atoms with Crippen molar-refractivity contribution in [3.05, 3.63) is 96.7 Å². The van der Waals surface area contributed by atoms with Crippen LogP contribution in [0.4, 0.5) is 0 Å². The van der Waals surface area contributed by atoms with E-state index in [1.54, 1.807) is 0 Å². The van der Waals surface area contributed by atoms with Crippen LogP contribution in [0.2, 0.25) is 0 Å². The number of pyridine rings is 1. The van der Waals surface area contributed by atoms with Gasteiger partial charge in [0.05, 0.1) is 22.2 Å². The third-order valence-electron chi connectivity index (χ3n) is 8.68. The Hall–Kier alpha value is -4.31. The van der Waals surface area contributed by atoms with Crippen molar-refractivity contribution in [1.82, 2.24) is 14.0 Å². The fourth-order valence-electron chi connectivity index (χ4n) is 7.30. The second-order valence-electron chi connectivity index (χ2n) is 11.6. The van der Waals surface area contributed by atoms with Crippen LogP contribution in [-0.4, -0.2) is 20.9 Å². The molecule has 0 amide bonds. The standard InChI is InChI=1S/C33H24BN3/c1-33(2,3)23-15-16-27-29-28(23)30-32-22(17-18-35-30)20-10-5-7-14-26(20)37(32)34(29)24-12-8-11-21-19-9-4-6-13-25(19)36(27)31(21)24/h4-18H,1-3H3. The Bertz CT molecular complexity index is 2140. The van der Waals surface area contributed by atoms with Gasteiger partial charge >= 0.3 is 6.85 Å². The Balaban J connectivity index is 1.60. The molecule has 4 aromatic carbocycles. The largest absolute Gasteiger partial charge is 0.374 e. The van der Waals surface area contributed by atoms with Gasteiger partial charge in [-0.1, -0.05) is 81.4 Å². The summed E-state index contributed by atoms with van der Waals surface area (Å²) in [5, 5.41) is 5.22. The first-order chi connectivity index (χ1) is 18.0. The highest BCUT2D eigenvalue weighted by Gasteiger charge is 2.43. The Morgan fingerprint density at radius 3 is 2.19 bits per heavy atom. The molecule has 2 aliphatic rings. The third-order valence-corrected chi connectivity index (χ3v) is 8.68. The van der Waals surface area contributed by atoms with Crippen molar-refractivity contribution < 1.29 is 0 Å². The van der Waals surface area contributed by atoms with Gasteiger partial charge in [-0.3, -0.25) is 4.98 Å². The molecule has 0 bridgehead atoms. The smallest absolute Gasteiger partial charge is 0.333 e. The molecule has 2 aliphatic heterocycles. The highest BCUT2D eigenvalue weighted by molar-refractivity contribution is 6.90. The minimum atomic E-state index is -0.0159. The van der Waals surface area contributed by atoms with Gasteiger partial charge in [-0.2, -0.15) is 0 Å². The molecule has 0 saturated carbocycles. The van der Waals surface area contributed by atoms with Gasteiger partial charge in [0, 0.05) is 44.5 Å². The lowest BCUT2D eigenvalue weighted by Crippen LogP contribution is -2.55. The Morgan fingerprint density at radius 2 is 1.38 bits per heavy atom. The van der Waals surface area contributed by atoms with Crippen LogP contribution < -0.4 is 10.9 Å². The van der Waals surface area contributed by atoms with Gasteiger partial charge in [-0.25, -0.2) is 0 Å². The summed E-state index contributed by atoms with van der Waals surface area (Å²) >= 11 is 0. The van der Waals surface area contributed by atoms with Crippen LogP contribution >= 0.6 is 0 Å². The molecule has 0 fully saturated rings. The molecule has 174 valence electrons. The van der Waals surface area contributed by atoms with Crippen molar-refractivity contribution in [3.8, 4) is 16.9 Å². The number of hydrogen-bond donors (Lipinski definition) is 0. The quantitative estimate of drug-likeness (QED) is 0.230. The van der Waals surface area contributed by atoms with E-state index in [0.29, 0.717) is 0 Å². The zero-order valence-corrected chi connectivity index (χ0v) is 21.1. The normalized spacial score (nSPS) is 13.8. The molecular weight excluding hydrogens is 449 g/mol. The van der Waals surface area contributed by atoms with Crippen LogP contribution in [-0.2, 0) is 5.41 Å². The first kappa shape index (κ1) is 19.8. The summed E-state index contributed by atoms with van der Waals surface area (Å²) in [4.78, 5) is 5.11. The van der Waals surface area contributed by atoms with E-state index < -0.39 is 0 Å². The highest BCUT2D eigenvalue weighted by atomic mass is 15.0. The van der Waals surface area contributed by atoms with Gasteiger partial charge in [-0.05, 0) is 46.2 Å². The average Bonchev–Trinajstić information content (AvgIpc) is 3.43. The van der Waals surface area contributed by atoms with Crippen molar-refractivity contribution in [2.75, 3.05) is 0 Å². The van der Waals surface area contributed by atoms with E-state index in [-0.39, 0.29) is 12.3 Å². The van der Waals surface area contributed by atoms with E-state index in [4.69, 9.17) is 4.98 Å². The van der Waals surface area contributed by atoms with E-state index >= 15 is 0 Å². The van der Waals surface area contributed by atoms with Crippen molar-refractivity contribution >= 4 is 61.4 Å². The molecule has 0 atom stereocenters. The predicted molar refractivity (Wildman–Crippen MR) is 156 cm³/mol. The Labute approximate surface area is 215 Å². The van der Waals surface area contributed by atoms with Crippen molar-refractivity contribution in [3.63, 3.8) is 0 Å². The number of hydrogen-bond acceptors (Lipinski definition) is 1. The number of benzene rings is 4. The fourth-order valence-corrected chi connectivity index (χ4v) is 7.30. The summed E-state index contributed by atoms with van der Waals surface area (Å²) in [6.07, 6.45) is 2.00. The molecule has 37 heavy (non-hydrogen) atoms. The molecule has 0 unspecified atom stereocenters. The van der Waals surface area contributed by atoms with Crippen molar-refractivity contribution in [2.45, 2.75) is 26.2 Å². The van der Waals surface area contributed by atoms with Crippen LogP contribution in [0.15, 0.2) is 91.1 Å². The summed E-state index contributed by atoms with van der Waals surface area (Å²) in [7, 11) is 0. The monoisotopic (exact) mass is 473 g/mol. The van der Waals surface area contributed by atoms with E-state index in [1.807, 2.05) is 6.20 Å². The number of para-hydroxylation sites is 3. The maximum absolute atomic E-state index is 5.11. The van der Waals surface area contributed by atoms with E-state index in [1.165, 1.54) is 71.4 Å². The summed E-state index contributed by atoms with van der Waals surface area (Å²) in [6.45, 7) is 7.06. The number of fused-ring (bicyclic) bond motifs is 10. The maximum atomic E-state index is 5.11. The second-order valence-corrected chi connectivity index (χ2v) is 11.6. The van der Waals surface area contributed by atoms with Gasteiger partial charge in [0.1, 0.15) is 0 Å². The molecule has 0 aliphatic carbocycles. The van der Waals surface area contributed by atoms with Gasteiger partial charge in [0.2, 0.25) is 0 Å². The average molecular weight is 473 g/mol. The minimum absolute atomic E-state index is 0.0159. The van der Waals surface area contributed by atoms with Crippen molar-refractivity contribution in [1.29, 1.82) is 0 Å². The molecular formula is C33H24BN3. The van der Waals surface area contributed by atoms with Crippen LogP contribution in [0.1, 0.15) is 26.3 Å². The van der Waals surface area contributed by atoms with Crippen molar-refractivity contribution in [2.24, 2.45) is 0 Å². The van der Waals surface area contributed by atoms with Gasteiger partial charge in [-0.15, -0.1) is 0 Å². The molecule has 0 radical (unpaired) electrons. The summed E-state index contributed by atoms with van der Waals surface area (Å²) < 4.78 is 5.10. The number of aromatic nitrogens is 3. The van der Waals surface area contributed by atoms with Crippen LogP contribution in [0, 0.1) is 0 Å². The van der Waals surface area contributed by atoms with Gasteiger partial charge < -0.3 is 9.05 Å². The summed E-state index contributed by atoms with van der Waals surface area (Å²) in [5.41, 5.74) is 12.9. The topological polar surface area (TPSA) is 22.8 Å². The molecule has 3 nitrogen and oxygen atoms in total. The van der Waals surface area contributed by atoms with Gasteiger partial charge in [0.25, 0.3) is 0 Å². The number of nitrogens with zero attached hydrogens (tertiary/aromatic N) is 3. The molecule has 5 heterocycles. The zero-order chi connectivity index (χ0) is 24.6. The van der Waals surface area contributed by atoms with Gasteiger partial charge in [0.15, 0.2) is 0 Å². The lowest BCUT2D eigenvalue weighted by Gasteiger charge is -2.36. The molecule has 4 heteroatoms. The molecule has 0 spiro atoms. The summed E-state index contributed by atoms with van der Waals surface area (Å²) in [5.74, 6) is 0. The lowest BCUT2D eigenvalue weighted by atomic mass is 9.45. The third kappa shape index (κ3) is 2.20. The highest BCUT2D eigenvalue weighted by Crippen LogP contribution is 2.44. The SMILES string of the molecule is CC(C)(C)c1ccc2c3c1-c1nccc4c5ccccc5n(c14)B3c1cccc3c4ccccc4n-2c13. The fraction of sp³-hybridized carbons (Fsp3) is 0.121. The molecule has 7 aromatic rings. The lowest BCUT2D eigenvalue weighted by molar-refractivity contribution is 0.592. The molecule has 0 N–H and O–H groups in total. The van der Waals surface area contributed by atoms with Crippen LogP contribution in [0.3, 0.4) is 0 Å². The number of rotatable bonds is 0. The minimum Gasteiger partial charge on any atom is -0.374 e. The van der Waals surface area contributed by atoms with Crippen LogP contribution in [0.5, 0.6) is 0 Å². The molecule has 9 rings (SSSR count). The van der Waals surface area contributed by atoms with E-state index in [9.17, 15) is 0 Å². The Morgan fingerprint density at radius 1 is 0.676 bits per heavy atom. The van der Waals surface area contributed by atoms with E-state index in [0.717, 1.165) is 5.69 Å². The maximum Gasteiger partial charge on any atom is 0.333 e. The second kappa shape index (κ2) is 6.33.